The van der Waals surface area contributed by atoms with Crippen molar-refractivity contribution in [1.29, 1.82) is 0 Å². The van der Waals surface area contributed by atoms with Crippen molar-refractivity contribution in [1.82, 2.24) is 10.2 Å². The van der Waals surface area contributed by atoms with E-state index in [4.69, 9.17) is 4.74 Å². The molecular weight excluding hydrogens is 236 g/mol. The molecule has 19 heavy (non-hydrogen) atoms. The lowest BCUT2D eigenvalue weighted by molar-refractivity contribution is 0.0669. The molecule has 1 fully saturated rings. The maximum Gasteiger partial charge on any atom is 0.0589 e. The van der Waals surface area contributed by atoms with Crippen molar-refractivity contribution in [2.24, 2.45) is 11.3 Å². The second-order valence-electron chi connectivity index (χ2n) is 6.28. The van der Waals surface area contributed by atoms with E-state index >= 15 is 0 Å². The Labute approximate surface area is 120 Å². The largest absolute Gasteiger partial charge is 0.383 e. The highest BCUT2D eigenvalue weighted by Gasteiger charge is 2.36. The van der Waals surface area contributed by atoms with Crippen LogP contribution in [0.1, 0.15) is 46.5 Å². The quantitative estimate of drug-likeness (QED) is 0.625. The summed E-state index contributed by atoms with van der Waals surface area (Å²) in [4.78, 5) is 2.67. The fourth-order valence-corrected chi connectivity index (χ4v) is 3.10. The molecule has 1 rings (SSSR count). The van der Waals surface area contributed by atoms with E-state index in [2.05, 4.69) is 38.0 Å². The van der Waals surface area contributed by atoms with Gasteiger partial charge in [0.15, 0.2) is 0 Å². The van der Waals surface area contributed by atoms with Gasteiger partial charge in [0.25, 0.3) is 0 Å². The van der Waals surface area contributed by atoms with Gasteiger partial charge in [0.05, 0.1) is 6.61 Å². The summed E-state index contributed by atoms with van der Waals surface area (Å²) in [6.07, 6.45) is 5.32. The highest BCUT2D eigenvalue weighted by Crippen LogP contribution is 2.37. The van der Waals surface area contributed by atoms with Crippen LogP contribution in [-0.4, -0.2) is 51.3 Å². The van der Waals surface area contributed by atoms with Gasteiger partial charge in [-0.05, 0) is 51.0 Å². The van der Waals surface area contributed by atoms with Crippen LogP contribution >= 0.6 is 0 Å². The molecule has 114 valence electrons. The summed E-state index contributed by atoms with van der Waals surface area (Å²) in [5, 5.41) is 3.40. The Morgan fingerprint density at radius 1 is 1.32 bits per heavy atom. The smallest absolute Gasteiger partial charge is 0.0589 e. The van der Waals surface area contributed by atoms with E-state index in [-0.39, 0.29) is 0 Å². The van der Waals surface area contributed by atoms with Gasteiger partial charge in [0.2, 0.25) is 0 Å². The van der Waals surface area contributed by atoms with Gasteiger partial charge in [0.1, 0.15) is 0 Å². The standard InChI is InChI=1S/C16H34N2O/c1-6-16(7-2,12-17-4)13-18(10-11-19-5)14(3)15-8-9-15/h14-15,17H,6-13H2,1-5H3. The van der Waals surface area contributed by atoms with E-state index in [1.165, 1.54) is 32.2 Å². The van der Waals surface area contributed by atoms with Crippen LogP contribution in [0.3, 0.4) is 0 Å². The summed E-state index contributed by atoms with van der Waals surface area (Å²) < 4.78 is 5.31. The van der Waals surface area contributed by atoms with Gasteiger partial charge in [-0.3, -0.25) is 4.90 Å². The van der Waals surface area contributed by atoms with Crippen LogP contribution in [0, 0.1) is 11.3 Å². The molecule has 1 saturated carbocycles. The van der Waals surface area contributed by atoms with Gasteiger partial charge >= 0.3 is 0 Å². The number of hydrogen-bond donors (Lipinski definition) is 1. The maximum atomic E-state index is 5.31. The Morgan fingerprint density at radius 2 is 1.95 bits per heavy atom. The van der Waals surface area contributed by atoms with Crippen LogP contribution in [-0.2, 0) is 4.74 Å². The molecule has 1 aliphatic rings. The summed E-state index contributed by atoms with van der Waals surface area (Å²) in [6, 6.07) is 0.712. The normalized spacial score (nSPS) is 18.0. The first-order valence-corrected chi connectivity index (χ1v) is 8.00. The summed E-state index contributed by atoms with van der Waals surface area (Å²) in [5.41, 5.74) is 0.408. The van der Waals surface area contributed by atoms with Gasteiger partial charge in [-0.15, -0.1) is 0 Å². The second-order valence-corrected chi connectivity index (χ2v) is 6.28. The first-order valence-electron chi connectivity index (χ1n) is 8.00. The van der Waals surface area contributed by atoms with E-state index in [0.717, 1.165) is 25.6 Å². The van der Waals surface area contributed by atoms with Crippen molar-refractivity contribution in [2.75, 3.05) is 40.4 Å². The molecule has 3 nitrogen and oxygen atoms in total. The lowest BCUT2D eigenvalue weighted by Crippen LogP contribution is -2.47. The predicted octanol–water partition coefficient (Wildman–Crippen LogP) is 2.76. The van der Waals surface area contributed by atoms with Crippen molar-refractivity contribution >= 4 is 0 Å². The third kappa shape index (κ3) is 5.05. The van der Waals surface area contributed by atoms with Gasteiger partial charge < -0.3 is 10.1 Å². The molecule has 0 aromatic carbocycles. The average molecular weight is 270 g/mol. The number of methoxy groups -OCH3 is 1. The molecule has 0 radical (unpaired) electrons. The Kier molecular flexibility index (Phi) is 7.33. The predicted molar refractivity (Wildman–Crippen MR) is 82.6 cm³/mol. The number of rotatable bonds is 11. The monoisotopic (exact) mass is 270 g/mol. The maximum absolute atomic E-state index is 5.31. The van der Waals surface area contributed by atoms with Crippen molar-refractivity contribution in [3.05, 3.63) is 0 Å². The molecule has 0 amide bonds. The molecular formula is C16H34N2O. The molecule has 1 unspecified atom stereocenters. The average Bonchev–Trinajstić information content (AvgIpc) is 3.26. The lowest BCUT2D eigenvalue weighted by atomic mass is 9.81. The molecule has 1 N–H and O–H groups in total. The summed E-state index contributed by atoms with van der Waals surface area (Å²) in [5.74, 6) is 0.929. The minimum Gasteiger partial charge on any atom is -0.383 e. The summed E-state index contributed by atoms with van der Waals surface area (Å²) in [6.45, 7) is 11.3. The minimum absolute atomic E-state index is 0.408. The first-order chi connectivity index (χ1) is 9.12. The molecule has 0 saturated heterocycles. The number of hydrogen-bond acceptors (Lipinski definition) is 3. The molecule has 0 bridgehead atoms. The van der Waals surface area contributed by atoms with E-state index in [0.29, 0.717) is 11.5 Å². The van der Waals surface area contributed by atoms with Crippen molar-refractivity contribution in [2.45, 2.75) is 52.5 Å². The zero-order valence-corrected chi connectivity index (χ0v) is 13.7. The van der Waals surface area contributed by atoms with Crippen LogP contribution < -0.4 is 5.32 Å². The van der Waals surface area contributed by atoms with Crippen LogP contribution in [0.15, 0.2) is 0 Å². The highest BCUT2D eigenvalue weighted by atomic mass is 16.5. The van der Waals surface area contributed by atoms with E-state index in [1.807, 2.05) is 0 Å². The molecule has 0 heterocycles. The minimum atomic E-state index is 0.408. The number of nitrogens with zero attached hydrogens (tertiary/aromatic N) is 1. The SMILES string of the molecule is CCC(CC)(CNC)CN(CCOC)C(C)C1CC1. The Balaban J connectivity index is 2.66. The Bertz CT molecular complexity index is 237. The number of ether oxygens (including phenoxy) is 1. The second kappa shape index (κ2) is 8.23. The van der Waals surface area contributed by atoms with Crippen LogP contribution in [0.5, 0.6) is 0 Å². The van der Waals surface area contributed by atoms with Gasteiger partial charge in [-0.2, -0.15) is 0 Å². The zero-order valence-electron chi connectivity index (χ0n) is 13.7. The highest BCUT2D eigenvalue weighted by molar-refractivity contribution is 4.90. The fourth-order valence-electron chi connectivity index (χ4n) is 3.10. The van der Waals surface area contributed by atoms with Gasteiger partial charge in [0, 0.05) is 32.8 Å². The molecule has 0 aliphatic heterocycles. The van der Waals surface area contributed by atoms with E-state index in [1.54, 1.807) is 7.11 Å². The van der Waals surface area contributed by atoms with Crippen molar-refractivity contribution in [3.8, 4) is 0 Å². The first kappa shape index (κ1) is 16.9. The zero-order chi connectivity index (χ0) is 14.3. The topological polar surface area (TPSA) is 24.5 Å². The van der Waals surface area contributed by atoms with Crippen LogP contribution in [0.4, 0.5) is 0 Å². The molecule has 3 heteroatoms. The third-order valence-corrected chi connectivity index (χ3v) is 5.05. The Hall–Kier alpha value is -0.120. The Morgan fingerprint density at radius 3 is 2.37 bits per heavy atom. The molecule has 0 spiro atoms. The van der Waals surface area contributed by atoms with E-state index < -0.39 is 0 Å². The third-order valence-electron chi connectivity index (χ3n) is 5.05. The van der Waals surface area contributed by atoms with Crippen LogP contribution in [0.2, 0.25) is 0 Å². The van der Waals surface area contributed by atoms with Crippen LogP contribution in [0.25, 0.3) is 0 Å². The lowest BCUT2D eigenvalue weighted by Gasteiger charge is -2.40. The van der Waals surface area contributed by atoms with E-state index in [9.17, 15) is 0 Å². The van der Waals surface area contributed by atoms with Gasteiger partial charge in [-0.1, -0.05) is 13.8 Å². The van der Waals surface area contributed by atoms with Gasteiger partial charge in [-0.25, -0.2) is 0 Å². The molecule has 1 atom stereocenters. The molecule has 1 aliphatic carbocycles. The number of nitrogens with one attached hydrogen (secondary N) is 1. The summed E-state index contributed by atoms with van der Waals surface area (Å²) in [7, 11) is 3.88. The summed E-state index contributed by atoms with van der Waals surface area (Å²) >= 11 is 0. The van der Waals surface area contributed by atoms with Crippen molar-refractivity contribution in [3.63, 3.8) is 0 Å². The van der Waals surface area contributed by atoms with Crippen molar-refractivity contribution < 1.29 is 4.74 Å². The molecule has 0 aromatic rings. The molecule has 0 aromatic heterocycles. The fraction of sp³-hybridized carbons (Fsp3) is 1.00.